The molecule has 1 saturated heterocycles. The van der Waals surface area contributed by atoms with Crippen molar-refractivity contribution in [3.05, 3.63) is 57.1 Å². The Balaban J connectivity index is 1.95. The topological polar surface area (TPSA) is 32.3 Å². The smallest absolute Gasteiger partial charge is 0.255 e. The van der Waals surface area contributed by atoms with E-state index in [0.717, 1.165) is 34.4 Å². The summed E-state index contributed by atoms with van der Waals surface area (Å²) in [5, 5.41) is 3.13. The molecule has 3 nitrogen and oxygen atoms in total. The lowest BCUT2D eigenvalue weighted by Gasteiger charge is -2.26. The molecule has 0 saturated carbocycles. The number of hydrogen-bond donors (Lipinski definition) is 1. The Morgan fingerprint density at radius 2 is 1.79 bits per heavy atom. The number of carbonyl (C=O) groups excluding carboxylic acids is 1. The molecule has 0 bridgehead atoms. The van der Waals surface area contributed by atoms with E-state index in [1.165, 1.54) is 24.1 Å². The van der Waals surface area contributed by atoms with Crippen LogP contribution in [0.15, 0.2) is 34.8 Å². The quantitative estimate of drug-likeness (QED) is 0.783. The minimum atomic E-state index is -0.0706. The van der Waals surface area contributed by atoms with Crippen LogP contribution in [-0.4, -0.2) is 19.0 Å². The highest BCUT2D eigenvalue weighted by atomic mass is 79.9. The van der Waals surface area contributed by atoms with Crippen LogP contribution in [0.4, 0.5) is 11.4 Å². The van der Waals surface area contributed by atoms with Gasteiger partial charge in [-0.1, -0.05) is 28.1 Å². The number of halogens is 1. The number of amides is 1. The normalized spacial score (nSPS) is 14.1. The number of nitrogens with zero attached hydrogens (tertiary/aromatic N) is 1. The summed E-state index contributed by atoms with van der Waals surface area (Å²) in [6.45, 7) is 8.54. The molecule has 0 radical (unpaired) electrons. The van der Waals surface area contributed by atoms with Crippen LogP contribution in [0.1, 0.15) is 39.9 Å². The zero-order valence-electron chi connectivity index (χ0n) is 14.4. The fourth-order valence-corrected chi connectivity index (χ4v) is 4.01. The Kier molecular flexibility index (Phi) is 4.95. The zero-order chi connectivity index (χ0) is 17.3. The molecule has 24 heavy (non-hydrogen) atoms. The molecule has 0 unspecified atom stereocenters. The van der Waals surface area contributed by atoms with Crippen LogP contribution < -0.4 is 10.2 Å². The molecule has 1 fully saturated rings. The molecule has 2 aromatic rings. The van der Waals surface area contributed by atoms with Crippen molar-refractivity contribution in [2.75, 3.05) is 23.3 Å². The van der Waals surface area contributed by atoms with Gasteiger partial charge in [-0.2, -0.15) is 0 Å². The second kappa shape index (κ2) is 6.98. The number of aryl methyl sites for hydroxylation is 2. The van der Waals surface area contributed by atoms with Crippen molar-refractivity contribution in [1.29, 1.82) is 0 Å². The predicted octanol–water partition coefficient (Wildman–Crippen LogP) is 5.23. The molecule has 3 rings (SSSR count). The molecule has 0 atom stereocenters. The average molecular weight is 387 g/mol. The van der Waals surface area contributed by atoms with Crippen LogP contribution >= 0.6 is 15.9 Å². The van der Waals surface area contributed by atoms with E-state index in [1.807, 2.05) is 24.3 Å². The van der Waals surface area contributed by atoms with Crippen molar-refractivity contribution in [1.82, 2.24) is 0 Å². The van der Waals surface area contributed by atoms with Crippen molar-refractivity contribution in [3.8, 4) is 0 Å². The van der Waals surface area contributed by atoms with Crippen molar-refractivity contribution >= 4 is 33.2 Å². The third kappa shape index (κ3) is 3.34. The first-order chi connectivity index (χ1) is 11.5. The van der Waals surface area contributed by atoms with Crippen LogP contribution in [0.3, 0.4) is 0 Å². The monoisotopic (exact) mass is 386 g/mol. The third-order valence-electron chi connectivity index (χ3n) is 4.68. The number of hydrogen-bond acceptors (Lipinski definition) is 2. The average Bonchev–Trinajstić information content (AvgIpc) is 3.05. The number of anilines is 2. The van der Waals surface area contributed by atoms with E-state index in [0.29, 0.717) is 5.56 Å². The molecular formula is C20H23BrN2O. The molecular weight excluding hydrogens is 364 g/mol. The van der Waals surface area contributed by atoms with Crippen LogP contribution in [0, 0.1) is 20.8 Å². The van der Waals surface area contributed by atoms with Crippen LogP contribution in [-0.2, 0) is 0 Å². The minimum Gasteiger partial charge on any atom is -0.371 e. The van der Waals surface area contributed by atoms with E-state index < -0.39 is 0 Å². The summed E-state index contributed by atoms with van der Waals surface area (Å²) in [5.41, 5.74) is 6.43. The zero-order valence-corrected chi connectivity index (χ0v) is 16.0. The SMILES string of the molecule is Cc1cc(C)c(N2CCCC2)c(C)c1NC(=O)c1cccc(Br)c1. The lowest BCUT2D eigenvalue weighted by atomic mass is 10.0. The number of carbonyl (C=O) groups is 1. The lowest BCUT2D eigenvalue weighted by molar-refractivity contribution is 0.102. The molecule has 1 heterocycles. The van der Waals surface area contributed by atoms with E-state index in [2.05, 4.69) is 53.0 Å². The molecule has 1 aliphatic rings. The molecule has 4 heteroatoms. The summed E-state index contributed by atoms with van der Waals surface area (Å²) in [4.78, 5) is 15.1. The maximum absolute atomic E-state index is 12.6. The van der Waals surface area contributed by atoms with Gasteiger partial charge >= 0.3 is 0 Å². The van der Waals surface area contributed by atoms with Gasteiger partial charge in [-0.3, -0.25) is 4.79 Å². The van der Waals surface area contributed by atoms with Gasteiger partial charge in [0.2, 0.25) is 0 Å². The number of nitrogens with one attached hydrogen (secondary N) is 1. The van der Waals surface area contributed by atoms with Gasteiger partial charge in [0.05, 0.1) is 0 Å². The third-order valence-corrected chi connectivity index (χ3v) is 5.17. The Bertz CT molecular complexity index is 779. The standard InChI is InChI=1S/C20H23BrN2O/c1-13-11-14(2)19(23-9-4-5-10-23)15(3)18(13)22-20(24)16-7-6-8-17(21)12-16/h6-8,11-12H,4-5,9-10H2,1-3H3,(H,22,24). The van der Waals surface area contributed by atoms with Gasteiger partial charge in [0.25, 0.3) is 5.91 Å². The number of benzene rings is 2. The van der Waals surface area contributed by atoms with E-state index in [1.54, 1.807) is 0 Å². The molecule has 0 spiro atoms. The van der Waals surface area contributed by atoms with Crippen molar-refractivity contribution in [2.45, 2.75) is 33.6 Å². The molecule has 2 aromatic carbocycles. The first-order valence-corrected chi connectivity index (χ1v) is 9.19. The Hall–Kier alpha value is -1.81. The fourth-order valence-electron chi connectivity index (χ4n) is 3.61. The van der Waals surface area contributed by atoms with Crippen LogP contribution in [0.5, 0.6) is 0 Å². The highest BCUT2D eigenvalue weighted by Gasteiger charge is 2.20. The van der Waals surface area contributed by atoms with Gasteiger partial charge in [0.15, 0.2) is 0 Å². The molecule has 1 aliphatic heterocycles. The van der Waals surface area contributed by atoms with E-state index in [4.69, 9.17) is 0 Å². The summed E-state index contributed by atoms with van der Waals surface area (Å²) in [5.74, 6) is -0.0706. The Labute approximate surface area is 152 Å². The van der Waals surface area contributed by atoms with Crippen LogP contribution in [0.25, 0.3) is 0 Å². The van der Waals surface area contributed by atoms with E-state index in [-0.39, 0.29) is 5.91 Å². The minimum absolute atomic E-state index is 0.0706. The maximum Gasteiger partial charge on any atom is 0.255 e. The van der Waals surface area contributed by atoms with E-state index >= 15 is 0 Å². The Morgan fingerprint density at radius 1 is 1.08 bits per heavy atom. The summed E-state index contributed by atoms with van der Waals surface area (Å²) in [6, 6.07) is 9.65. The van der Waals surface area contributed by atoms with Gasteiger partial charge < -0.3 is 10.2 Å². The van der Waals surface area contributed by atoms with Gasteiger partial charge in [0, 0.05) is 34.5 Å². The molecule has 1 N–H and O–H groups in total. The van der Waals surface area contributed by atoms with Gasteiger partial charge in [-0.15, -0.1) is 0 Å². The fraction of sp³-hybridized carbons (Fsp3) is 0.350. The predicted molar refractivity (Wildman–Crippen MR) is 104 cm³/mol. The molecule has 0 aromatic heterocycles. The molecule has 0 aliphatic carbocycles. The van der Waals surface area contributed by atoms with E-state index in [9.17, 15) is 4.79 Å². The maximum atomic E-state index is 12.6. The first kappa shape index (κ1) is 17.0. The van der Waals surface area contributed by atoms with Crippen molar-refractivity contribution in [2.24, 2.45) is 0 Å². The molecule has 126 valence electrons. The molecule has 1 amide bonds. The summed E-state index contributed by atoms with van der Waals surface area (Å²) in [6.07, 6.45) is 2.49. The summed E-state index contributed by atoms with van der Waals surface area (Å²) in [7, 11) is 0. The highest BCUT2D eigenvalue weighted by molar-refractivity contribution is 9.10. The Morgan fingerprint density at radius 3 is 2.46 bits per heavy atom. The van der Waals surface area contributed by atoms with Crippen molar-refractivity contribution in [3.63, 3.8) is 0 Å². The van der Waals surface area contributed by atoms with Gasteiger partial charge in [0.1, 0.15) is 0 Å². The van der Waals surface area contributed by atoms with Gasteiger partial charge in [-0.25, -0.2) is 0 Å². The summed E-state index contributed by atoms with van der Waals surface area (Å²) < 4.78 is 0.908. The lowest BCUT2D eigenvalue weighted by Crippen LogP contribution is -2.22. The first-order valence-electron chi connectivity index (χ1n) is 8.40. The van der Waals surface area contributed by atoms with Crippen molar-refractivity contribution < 1.29 is 4.79 Å². The largest absolute Gasteiger partial charge is 0.371 e. The second-order valence-corrected chi connectivity index (χ2v) is 7.43. The number of rotatable bonds is 3. The second-order valence-electron chi connectivity index (χ2n) is 6.52. The van der Waals surface area contributed by atoms with Gasteiger partial charge in [-0.05, 0) is 68.5 Å². The van der Waals surface area contributed by atoms with Crippen LogP contribution in [0.2, 0.25) is 0 Å². The highest BCUT2D eigenvalue weighted by Crippen LogP contribution is 2.35. The summed E-state index contributed by atoms with van der Waals surface area (Å²) >= 11 is 3.42.